The highest BCUT2D eigenvalue weighted by molar-refractivity contribution is 6.25. The third-order valence-corrected chi connectivity index (χ3v) is 13.1. The van der Waals surface area contributed by atoms with Gasteiger partial charge in [0, 0.05) is 72.1 Å². The molecule has 0 atom stereocenters. The normalized spacial score (nSPS) is 12.1. The topological polar surface area (TPSA) is 40.6 Å². The molecule has 0 N–H and O–H groups in total. The van der Waals surface area contributed by atoms with Crippen LogP contribution in [-0.2, 0) is 0 Å². The molecule has 4 heterocycles. The van der Waals surface area contributed by atoms with Gasteiger partial charge < -0.3 is 13.7 Å². The van der Waals surface area contributed by atoms with Crippen molar-refractivity contribution in [3.8, 4) is 28.5 Å². The maximum Gasteiger partial charge on any atom is 0.159 e. The van der Waals surface area contributed by atoms with Crippen LogP contribution in [0.3, 0.4) is 0 Å². The summed E-state index contributed by atoms with van der Waals surface area (Å²) in [6, 6.07) is 65.3. The summed E-state index contributed by atoms with van der Waals surface area (Å²) in [4.78, 5) is 10.3. The number of benzene rings is 9. The molecule has 0 amide bonds. The number of aromatic nitrogens is 5. The van der Waals surface area contributed by atoms with Crippen LogP contribution in [0.25, 0.3) is 128 Å². The fourth-order valence-electron chi connectivity index (χ4n) is 10.5. The number of hydrogen-bond donors (Lipinski definition) is 0. The van der Waals surface area contributed by atoms with Crippen LogP contribution in [0, 0.1) is 0 Å². The lowest BCUT2D eigenvalue weighted by molar-refractivity contribution is 1.11. The van der Waals surface area contributed by atoms with Gasteiger partial charge in [-0.3, -0.25) is 0 Å². The predicted molar refractivity (Wildman–Crippen MR) is 270 cm³/mol. The Kier molecular flexibility index (Phi) is 7.90. The summed E-state index contributed by atoms with van der Waals surface area (Å²) in [5, 5.41) is 11.8. The maximum absolute atomic E-state index is 5.31. The van der Waals surface area contributed by atoms with Crippen molar-refractivity contribution in [1.82, 2.24) is 23.7 Å². The average Bonchev–Trinajstić information content (AvgIpc) is 3.99. The largest absolute Gasteiger partial charge is 0.309 e. The Balaban J connectivity index is 1.03. The van der Waals surface area contributed by atoms with Crippen molar-refractivity contribution in [3.63, 3.8) is 0 Å². The molecule has 13 rings (SSSR count). The van der Waals surface area contributed by atoms with Gasteiger partial charge in [-0.1, -0.05) is 134 Å². The van der Waals surface area contributed by atoms with Crippen LogP contribution in [0.1, 0.15) is 18.2 Å². The third kappa shape index (κ3) is 5.12. The van der Waals surface area contributed by atoms with Crippen molar-refractivity contribution in [3.05, 3.63) is 212 Å². The fraction of sp³-hybridized carbons (Fsp3) is 0.0169. The fourth-order valence-corrected chi connectivity index (χ4v) is 10.5. The zero-order valence-corrected chi connectivity index (χ0v) is 35.1. The highest BCUT2D eigenvalue weighted by atomic mass is 15.0. The Labute approximate surface area is 368 Å². The summed E-state index contributed by atoms with van der Waals surface area (Å²) >= 11 is 0. The van der Waals surface area contributed by atoms with Crippen molar-refractivity contribution in [1.29, 1.82) is 0 Å². The van der Waals surface area contributed by atoms with E-state index in [0.717, 1.165) is 72.1 Å². The van der Waals surface area contributed by atoms with Crippen LogP contribution < -0.4 is 0 Å². The van der Waals surface area contributed by atoms with E-state index in [1.54, 1.807) is 0 Å². The quantitative estimate of drug-likeness (QED) is 0.157. The van der Waals surface area contributed by atoms with Crippen LogP contribution in [0.15, 0.2) is 201 Å². The van der Waals surface area contributed by atoms with Crippen LogP contribution in [-0.4, -0.2) is 23.7 Å². The van der Waals surface area contributed by atoms with Gasteiger partial charge in [0.2, 0.25) is 0 Å². The Hall–Kier alpha value is -8.54. The van der Waals surface area contributed by atoms with E-state index in [-0.39, 0.29) is 0 Å². The van der Waals surface area contributed by atoms with Gasteiger partial charge in [0.15, 0.2) is 5.82 Å². The predicted octanol–water partition coefficient (Wildman–Crippen LogP) is 15.4. The summed E-state index contributed by atoms with van der Waals surface area (Å²) in [7, 11) is 0. The van der Waals surface area contributed by atoms with E-state index in [1.165, 1.54) is 48.7 Å². The van der Waals surface area contributed by atoms with Gasteiger partial charge in [-0.05, 0) is 95.9 Å². The summed E-state index contributed by atoms with van der Waals surface area (Å²) in [6.45, 7) is 6.51. The molecule has 0 saturated carbocycles. The number of nitrogens with zero attached hydrogens (tertiary/aromatic N) is 5. The standard InChI is InChI=1S/C59H39N5/c1-3-17-46-50(4-2)63(40-30-31-53-48(35-40)44-25-12-14-28-51(44)62(53)38-19-6-5-7-20-38)54-32-33-55-57(56(46)54)47-27-13-15-29-52(47)64(55)39-21-16-18-37(34-39)59-60-36-49-43-24-9-8-22-41(43)42-23-10-11-26-45(42)58(49)61-59/h3-36H,2H2,1H3/b17-3-. The highest BCUT2D eigenvalue weighted by Crippen LogP contribution is 2.44. The van der Waals surface area contributed by atoms with E-state index < -0.39 is 0 Å². The minimum absolute atomic E-state index is 0.699. The molecule has 0 unspecified atom stereocenters. The molecule has 9 aromatic carbocycles. The molecule has 0 saturated heterocycles. The molecule has 64 heavy (non-hydrogen) atoms. The number of fused-ring (bicyclic) bond motifs is 14. The third-order valence-electron chi connectivity index (χ3n) is 13.1. The lowest BCUT2D eigenvalue weighted by atomic mass is 9.98. The SMILES string of the molecule is C=Cc1c(/C=C\C)c2c3c4ccccc4n(-c4cccc(-c5ncc6c7ccccc7c7ccccc7c6n5)c4)c3ccc2n1-c1ccc2c(c1)c1ccccc1n2-c1ccccc1. The Morgan fingerprint density at radius 3 is 1.75 bits per heavy atom. The lowest BCUT2D eigenvalue weighted by Crippen LogP contribution is -1.98. The first-order valence-corrected chi connectivity index (χ1v) is 21.8. The smallest absolute Gasteiger partial charge is 0.159 e. The molecule has 0 aliphatic rings. The van der Waals surface area contributed by atoms with Crippen molar-refractivity contribution in [2.24, 2.45) is 0 Å². The molecule has 13 aromatic rings. The minimum atomic E-state index is 0.699. The number of para-hydroxylation sites is 3. The molecule has 300 valence electrons. The first kappa shape index (κ1) is 36.1. The van der Waals surface area contributed by atoms with Crippen LogP contribution in [0.5, 0.6) is 0 Å². The second-order valence-electron chi connectivity index (χ2n) is 16.5. The molecule has 0 aliphatic carbocycles. The van der Waals surface area contributed by atoms with E-state index in [1.807, 2.05) is 12.3 Å². The summed E-state index contributed by atoms with van der Waals surface area (Å²) in [5.41, 5.74) is 13.1. The Morgan fingerprint density at radius 1 is 0.438 bits per heavy atom. The van der Waals surface area contributed by atoms with Gasteiger partial charge in [0.05, 0.1) is 38.8 Å². The lowest BCUT2D eigenvalue weighted by Gasteiger charge is -2.12. The van der Waals surface area contributed by atoms with E-state index in [4.69, 9.17) is 9.97 Å². The second-order valence-corrected chi connectivity index (χ2v) is 16.5. The van der Waals surface area contributed by atoms with E-state index in [9.17, 15) is 0 Å². The van der Waals surface area contributed by atoms with Gasteiger partial charge in [0.25, 0.3) is 0 Å². The summed E-state index contributed by atoms with van der Waals surface area (Å²) in [5.74, 6) is 0.699. The average molecular weight is 818 g/mol. The molecule has 0 radical (unpaired) electrons. The number of allylic oxidation sites excluding steroid dienone is 1. The Bertz CT molecular complexity index is 4070. The first-order chi connectivity index (χ1) is 31.7. The molecule has 0 fully saturated rings. The summed E-state index contributed by atoms with van der Waals surface area (Å²) < 4.78 is 7.15. The monoisotopic (exact) mass is 817 g/mol. The van der Waals surface area contributed by atoms with Gasteiger partial charge in [0.1, 0.15) is 0 Å². The van der Waals surface area contributed by atoms with Gasteiger partial charge in [-0.25, -0.2) is 9.97 Å². The van der Waals surface area contributed by atoms with Crippen LogP contribution >= 0.6 is 0 Å². The number of hydrogen-bond acceptors (Lipinski definition) is 2. The van der Waals surface area contributed by atoms with E-state index >= 15 is 0 Å². The van der Waals surface area contributed by atoms with Crippen LogP contribution in [0.2, 0.25) is 0 Å². The van der Waals surface area contributed by atoms with E-state index in [0.29, 0.717) is 5.82 Å². The van der Waals surface area contributed by atoms with Crippen molar-refractivity contribution < 1.29 is 0 Å². The molecule has 0 bridgehead atoms. The number of rotatable bonds is 6. The molecule has 0 spiro atoms. The highest BCUT2D eigenvalue weighted by Gasteiger charge is 2.23. The zero-order chi connectivity index (χ0) is 42.5. The van der Waals surface area contributed by atoms with Gasteiger partial charge >= 0.3 is 0 Å². The molecular weight excluding hydrogens is 779 g/mol. The maximum atomic E-state index is 5.31. The molecule has 5 nitrogen and oxygen atoms in total. The summed E-state index contributed by atoms with van der Waals surface area (Å²) in [6.07, 6.45) is 8.39. The second kappa shape index (κ2) is 14.0. The molecule has 0 aliphatic heterocycles. The Morgan fingerprint density at radius 2 is 1.00 bits per heavy atom. The van der Waals surface area contributed by atoms with Gasteiger partial charge in [-0.15, -0.1) is 0 Å². The van der Waals surface area contributed by atoms with E-state index in [2.05, 4.69) is 221 Å². The molecule has 4 aromatic heterocycles. The molecule has 5 heteroatoms. The molecular formula is C59H39N5. The zero-order valence-electron chi connectivity index (χ0n) is 35.1. The van der Waals surface area contributed by atoms with Crippen molar-refractivity contribution in [2.75, 3.05) is 0 Å². The van der Waals surface area contributed by atoms with Crippen LogP contribution in [0.4, 0.5) is 0 Å². The minimum Gasteiger partial charge on any atom is -0.309 e. The van der Waals surface area contributed by atoms with Crippen molar-refractivity contribution in [2.45, 2.75) is 6.92 Å². The van der Waals surface area contributed by atoms with Crippen molar-refractivity contribution >= 4 is 99.1 Å². The van der Waals surface area contributed by atoms with Gasteiger partial charge in [-0.2, -0.15) is 0 Å². The first-order valence-electron chi connectivity index (χ1n) is 21.8.